The molecule has 0 radical (unpaired) electrons. The number of hydrogen-bond donors (Lipinski definition) is 1. The Morgan fingerprint density at radius 2 is 2.46 bits per heavy atom. The molecule has 2 atom stereocenters. The first-order valence-electron chi connectivity index (χ1n) is 4.52. The van der Waals surface area contributed by atoms with Crippen LogP contribution < -0.4 is 5.32 Å². The monoisotopic (exact) mass is 181 g/mol. The zero-order chi connectivity index (χ0) is 9.84. The molecule has 1 saturated heterocycles. The van der Waals surface area contributed by atoms with E-state index in [9.17, 15) is 4.79 Å². The van der Waals surface area contributed by atoms with Crippen LogP contribution in [0.5, 0.6) is 0 Å². The van der Waals surface area contributed by atoms with Gasteiger partial charge in [-0.2, -0.15) is 5.26 Å². The quantitative estimate of drug-likeness (QED) is 0.624. The van der Waals surface area contributed by atoms with Crippen LogP contribution in [0.3, 0.4) is 0 Å². The molecular formula is C9H15N3O. The molecular weight excluding hydrogens is 166 g/mol. The van der Waals surface area contributed by atoms with Gasteiger partial charge in [0.1, 0.15) is 6.04 Å². The highest BCUT2D eigenvalue weighted by Crippen LogP contribution is 2.08. The number of nitriles is 1. The molecule has 0 aliphatic carbocycles. The average Bonchev–Trinajstić information content (AvgIpc) is 2.19. The fourth-order valence-corrected chi connectivity index (χ4v) is 1.50. The summed E-state index contributed by atoms with van der Waals surface area (Å²) in [4.78, 5) is 13.5. The Hall–Kier alpha value is -1.08. The average molecular weight is 181 g/mol. The molecule has 0 aromatic carbocycles. The fourth-order valence-electron chi connectivity index (χ4n) is 1.50. The summed E-state index contributed by atoms with van der Waals surface area (Å²) >= 11 is 0. The Balaban J connectivity index is 2.68. The maximum Gasteiger partial charge on any atom is 0.238 e. The van der Waals surface area contributed by atoms with Gasteiger partial charge >= 0.3 is 0 Å². The van der Waals surface area contributed by atoms with E-state index in [1.54, 1.807) is 0 Å². The Bertz CT molecular complexity index is 234. The lowest BCUT2D eigenvalue weighted by molar-refractivity contribution is -0.125. The third-order valence-electron chi connectivity index (χ3n) is 2.42. The van der Waals surface area contributed by atoms with Crippen molar-refractivity contribution < 1.29 is 4.79 Å². The summed E-state index contributed by atoms with van der Waals surface area (Å²) in [6.45, 7) is 2.85. The van der Waals surface area contributed by atoms with E-state index in [-0.39, 0.29) is 24.4 Å². The molecule has 0 aromatic heterocycles. The zero-order valence-corrected chi connectivity index (χ0v) is 8.08. The molecule has 1 rings (SSSR count). The molecule has 2 unspecified atom stereocenters. The van der Waals surface area contributed by atoms with E-state index >= 15 is 0 Å². The number of amides is 1. The zero-order valence-electron chi connectivity index (χ0n) is 8.08. The van der Waals surface area contributed by atoms with Crippen molar-refractivity contribution in [2.75, 3.05) is 13.6 Å². The predicted molar refractivity (Wildman–Crippen MR) is 48.9 cm³/mol. The van der Waals surface area contributed by atoms with Crippen LogP contribution in [0.25, 0.3) is 0 Å². The number of carbonyl (C=O) groups excluding carboxylic acids is 1. The van der Waals surface area contributed by atoms with Crippen molar-refractivity contribution in [3.05, 3.63) is 0 Å². The Morgan fingerprint density at radius 1 is 1.77 bits per heavy atom. The standard InChI is InChI=1S/C9H15N3O/c1-7-4-6-12(2)8(3-5-10)9(13)11-7/h7-8H,3-4,6H2,1-2H3,(H,11,13). The Morgan fingerprint density at radius 3 is 3.08 bits per heavy atom. The summed E-state index contributed by atoms with van der Waals surface area (Å²) in [6.07, 6.45) is 1.22. The lowest BCUT2D eigenvalue weighted by atomic mass is 10.2. The minimum atomic E-state index is -0.269. The minimum Gasteiger partial charge on any atom is -0.352 e. The number of likely N-dealkylation sites (N-methyl/N-ethyl adjacent to an activating group) is 1. The molecule has 1 aliphatic heterocycles. The SMILES string of the molecule is CC1CCN(C)C(CC#N)C(=O)N1. The third kappa shape index (κ3) is 2.43. The summed E-state index contributed by atoms with van der Waals surface area (Å²) in [6, 6.07) is 1.99. The largest absolute Gasteiger partial charge is 0.352 e. The van der Waals surface area contributed by atoms with Crippen LogP contribution in [-0.2, 0) is 4.79 Å². The van der Waals surface area contributed by atoms with Gasteiger partial charge in [0.05, 0.1) is 12.5 Å². The van der Waals surface area contributed by atoms with Gasteiger partial charge in [-0.25, -0.2) is 0 Å². The van der Waals surface area contributed by atoms with Crippen molar-refractivity contribution >= 4 is 5.91 Å². The number of carbonyl (C=O) groups is 1. The Labute approximate surface area is 78.5 Å². The van der Waals surface area contributed by atoms with E-state index in [0.717, 1.165) is 13.0 Å². The second kappa shape index (κ2) is 4.24. The van der Waals surface area contributed by atoms with Crippen molar-refractivity contribution in [1.29, 1.82) is 5.26 Å². The normalized spacial score (nSPS) is 30.4. The van der Waals surface area contributed by atoms with Gasteiger partial charge in [-0.1, -0.05) is 0 Å². The summed E-state index contributed by atoms with van der Waals surface area (Å²) in [5.41, 5.74) is 0. The topological polar surface area (TPSA) is 56.1 Å². The van der Waals surface area contributed by atoms with Crippen LogP contribution in [0.4, 0.5) is 0 Å². The van der Waals surface area contributed by atoms with Crippen LogP contribution in [0.1, 0.15) is 19.8 Å². The lowest BCUT2D eigenvalue weighted by Crippen LogP contribution is -2.43. The number of rotatable bonds is 1. The highest BCUT2D eigenvalue weighted by Gasteiger charge is 2.27. The molecule has 1 aliphatic rings. The van der Waals surface area contributed by atoms with Gasteiger partial charge < -0.3 is 5.32 Å². The van der Waals surface area contributed by atoms with Gasteiger partial charge in [-0.15, -0.1) is 0 Å². The molecule has 0 saturated carbocycles. The number of nitrogens with one attached hydrogen (secondary N) is 1. The molecule has 0 aromatic rings. The van der Waals surface area contributed by atoms with E-state index in [1.807, 2.05) is 24.9 Å². The third-order valence-corrected chi connectivity index (χ3v) is 2.42. The van der Waals surface area contributed by atoms with Crippen LogP contribution in [0, 0.1) is 11.3 Å². The predicted octanol–water partition coefficient (Wildman–Crippen LogP) is 0.109. The Kier molecular flexibility index (Phi) is 3.26. The molecule has 1 amide bonds. The smallest absolute Gasteiger partial charge is 0.238 e. The first-order chi connectivity index (χ1) is 6.15. The van der Waals surface area contributed by atoms with Crippen LogP contribution in [0.2, 0.25) is 0 Å². The maximum atomic E-state index is 11.5. The lowest BCUT2D eigenvalue weighted by Gasteiger charge is -2.20. The van der Waals surface area contributed by atoms with Gasteiger partial charge in [0.25, 0.3) is 0 Å². The van der Waals surface area contributed by atoms with E-state index < -0.39 is 0 Å². The molecule has 1 heterocycles. The fraction of sp³-hybridized carbons (Fsp3) is 0.778. The van der Waals surface area contributed by atoms with Gasteiger partial charge in [-0.05, 0) is 20.4 Å². The van der Waals surface area contributed by atoms with Gasteiger partial charge in [0, 0.05) is 12.6 Å². The van der Waals surface area contributed by atoms with Crippen LogP contribution in [-0.4, -0.2) is 36.5 Å². The van der Waals surface area contributed by atoms with Crippen molar-refractivity contribution in [2.45, 2.75) is 31.8 Å². The van der Waals surface area contributed by atoms with Crippen LogP contribution in [0.15, 0.2) is 0 Å². The van der Waals surface area contributed by atoms with Crippen LogP contribution >= 0.6 is 0 Å². The van der Waals surface area contributed by atoms with Crippen molar-refractivity contribution in [3.63, 3.8) is 0 Å². The highest BCUT2D eigenvalue weighted by molar-refractivity contribution is 5.82. The van der Waals surface area contributed by atoms with Crippen molar-refractivity contribution in [3.8, 4) is 6.07 Å². The van der Waals surface area contributed by atoms with Gasteiger partial charge in [0.2, 0.25) is 5.91 Å². The molecule has 0 spiro atoms. The summed E-state index contributed by atoms with van der Waals surface area (Å²) in [5.74, 6) is -0.0194. The minimum absolute atomic E-state index is 0.0194. The van der Waals surface area contributed by atoms with E-state index in [2.05, 4.69) is 5.32 Å². The number of nitrogens with zero attached hydrogens (tertiary/aromatic N) is 2. The molecule has 13 heavy (non-hydrogen) atoms. The molecule has 1 N–H and O–H groups in total. The summed E-state index contributed by atoms with van der Waals surface area (Å²) in [5, 5.41) is 11.4. The molecule has 72 valence electrons. The van der Waals surface area contributed by atoms with E-state index in [0.29, 0.717) is 0 Å². The van der Waals surface area contributed by atoms with E-state index in [1.165, 1.54) is 0 Å². The number of hydrogen-bond acceptors (Lipinski definition) is 3. The van der Waals surface area contributed by atoms with Gasteiger partial charge in [0.15, 0.2) is 0 Å². The first kappa shape index (κ1) is 10.0. The summed E-state index contributed by atoms with van der Waals surface area (Å²) in [7, 11) is 1.89. The van der Waals surface area contributed by atoms with Crippen molar-refractivity contribution in [2.24, 2.45) is 0 Å². The molecule has 4 nitrogen and oxygen atoms in total. The first-order valence-corrected chi connectivity index (χ1v) is 4.52. The molecule has 4 heteroatoms. The highest BCUT2D eigenvalue weighted by atomic mass is 16.2. The maximum absolute atomic E-state index is 11.5. The van der Waals surface area contributed by atoms with E-state index in [4.69, 9.17) is 5.26 Å². The molecule has 1 fully saturated rings. The second-order valence-electron chi connectivity index (χ2n) is 3.56. The van der Waals surface area contributed by atoms with Gasteiger partial charge in [-0.3, -0.25) is 9.69 Å². The summed E-state index contributed by atoms with van der Waals surface area (Å²) < 4.78 is 0. The second-order valence-corrected chi connectivity index (χ2v) is 3.56. The van der Waals surface area contributed by atoms with Crippen molar-refractivity contribution in [1.82, 2.24) is 10.2 Å². The molecule has 0 bridgehead atoms.